The first-order valence-corrected chi connectivity index (χ1v) is 14.2. The summed E-state index contributed by atoms with van der Waals surface area (Å²) in [5, 5.41) is -0.0876. The van der Waals surface area contributed by atoms with Crippen LogP contribution in [0, 0.1) is 0 Å². The van der Waals surface area contributed by atoms with E-state index in [1.165, 1.54) is 0 Å². The van der Waals surface area contributed by atoms with Crippen LogP contribution in [0.15, 0.2) is 28.8 Å². The smallest absolute Gasteiger partial charge is 0.219 e. The maximum atomic E-state index is 13.8. The van der Waals surface area contributed by atoms with Gasteiger partial charge in [-0.1, -0.05) is 12.2 Å². The van der Waals surface area contributed by atoms with Crippen molar-refractivity contribution in [1.29, 1.82) is 0 Å². The van der Waals surface area contributed by atoms with Gasteiger partial charge in [-0.05, 0) is 25.8 Å². The molecule has 0 saturated carbocycles. The lowest BCUT2D eigenvalue weighted by atomic mass is 10.1. The normalized spacial score (nSPS) is 22.1. The average molecular weight is 497 g/mol. The van der Waals surface area contributed by atoms with Crippen molar-refractivity contribution in [1.82, 2.24) is 19.9 Å². The summed E-state index contributed by atoms with van der Waals surface area (Å²) < 4.78 is 24.1. The number of rotatable bonds is 4. The predicted octanol–water partition coefficient (Wildman–Crippen LogP) is 3.07. The highest BCUT2D eigenvalue weighted by atomic mass is 32.2. The van der Waals surface area contributed by atoms with Gasteiger partial charge in [0, 0.05) is 67.9 Å². The Morgan fingerprint density at radius 3 is 2.77 bits per heavy atom. The molecule has 1 aliphatic carbocycles. The minimum absolute atomic E-state index is 0.0617. The summed E-state index contributed by atoms with van der Waals surface area (Å²) in [6, 6.07) is 3.93. The van der Waals surface area contributed by atoms with Crippen molar-refractivity contribution < 1.29 is 13.7 Å². The number of piperidine rings is 1. The Labute approximate surface area is 206 Å². The van der Waals surface area contributed by atoms with Crippen LogP contribution >= 0.6 is 0 Å². The first-order chi connectivity index (χ1) is 16.8. The largest absolute Gasteiger partial charge is 0.377 e. The molecule has 2 aromatic rings. The molecule has 186 valence electrons. The van der Waals surface area contributed by atoms with Crippen LogP contribution in [0.2, 0.25) is 0 Å². The van der Waals surface area contributed by atoms with Crippen LogP contribution in [-0.2, 0) is 25.7 Å². The van der Waals surface area contributed by atoms with E-state index in [4.69, 9.17) is 19.1 Å². The maximum absolute atomic E-state index is 13.8. The maximum Gasteiger partial charge on any atom is 0.219 e. The number of pyridine rings is 1. The molecule has 0 spiro atoms. The molecule has 2 saturated heterocycles. The van der Waals surface area contributed by atoms with Crippen molar-refractivity contribution in [3.63, 3.8) is 0 Å². The van der Waals surface area contributed by atoms with Gasteiger partial charge in [-0.3, -0.25) is 9.78 Å². The number of hydrogen-bond acceptors (Lipinski definition) is 8. The zero-order valence-electron chi connectivity index (χ0n) is 20.5. The zero-order chi connectivity index (χ0) is 24.6. The molecule has 2 fully saturated rings. The van der Waals surface area contributed by atoms with Crippen LogP contribution in [-0.4, -0.2) is 80.4 Å². The van der Waals surface area contributed by atoms with Crippen molar-refractivity contribution in [3.8, 4) is 11.4 Å². The summed E-state index contributed by atoms with van der Waals surface area (Å²) in [6.45, 7) is 6.88. The molecule has 2 aliphatic heterocycles. The Bertz CT molecular complexity index is 1280. The quantitative estimate of drug-likeness (QED) is 0.641. The molecule has 35 heavy (non-hydrogen) atoms. The molecular weight excluding hydrogens is 464 g/mol. The van der Waals surface area contributed by atoms with Crippen LogP contribution in [0.25, 0.3) is 17.5 Å². The lowest BCUT2D eigenvalue weighted by molar-refractivity contribution is -0.129. The van der Waals surface area contributed by atoms with E-state index in [2.05, 4.69) is 29.0 Å². The van der Waals surface area contributed by atoms with Gasteiger partial charge in [0.2, 0.25) is 5.91 Å². The molecule has 0 N–H and O–H groups in total. The first-order valence-electron chi connectivity index (χ1n) is 12.2. The Hall–Kier alpha value is -2.85. The van der Waals surface area contributed by atoms with E-state index in [0.29, 0.717) is 50.8 Å². The number of ether oxygens (including phenoxy) is 1. The lowest BCUT2D eigenvalue weighted by Gasteiger charge is -2.34. The number of hydrogen-bond donors (Lipinski definition) is 0. The molecule has 0 bridgehead atoms. The summed E-state index contributed by atoms with van der Waals surface area (Å²) in [7, 11) is -2.58. The van der Waals surface area contributed by atoms with Crippen molar-refractivity contribution in [2.75, 3.05) is 44.0 Å². The number of carbonyl (C=O) groups is 1. The molecule has 2 atom stereocenters. The van der Waals surface area contributed by atoms with Gasteiger partial charge in [-0.25, -0.2) is 14.2 Å². The minimum atomic E-state index is -2.58. The minimum Gasteiger partial charge on any atom is -0.377 e. The Kier molecular flexibility index (Phi) is 6.59. The molecule has 0 radical (unpaired) electrons. The Morgan fingerprint density at radius 2 is 2.03 bits per heavy atom. The van der Waals surface area contributed by atoms with Gasteiger partial charge >= 0.3 is 0 Å². The summed E-state index contributed by atoms with van der Waals surface area (Å²) >= 11 is 0. The molecule has 9 nitrogen and oxygen atoms in total. The fourth-order valence-electron chi connectivity index (χ4n) is 5.02. The van der Waals surface area contributed by atoms with Gasteiger partial charge < -0.3 is 14.5 Å². The molecule has 5 rings (SSSR count). The SMILES string of the molecule is CC(=O)N1CCC(S(C)(=O)=Nc2cc(N3CCOC[C@H]3C)nc(-c3ccnc4c3C=CC4)n2)CC1. The molecule has 1 unspecified atom stereocenters. The third-order valence-electron chi connectivity index (χ3n) is 7.05. The fourth-order valence-corrected chi connectivity index (χ4v) is 6.72. The predicted molar refractivity (Wildman–Crippen MR) is 137 cm³/mol. The molecule has 0 aromatic carbocycles. The van der Waals surface area contributed by atoms with Gasteiger partial charge in [0.15, 0.2) is 11.6 Å². The van der Waals surface area contributed by atoms with Gasteiger partial charge in [-0.2, -0.15) is 4.36 Å². The second-order valence-corrected chi connectivity index (χ2v) is 12.1. The van der Waals surface area contributed by atoms with E-state index in [1.54, 1.807) is 19.4 Å². The molecule has 3 aliphatic rings. The Morgan fingerprint density at radius 1 is 1.23 bits per heavy atom. The lowest BCUT2D eigenvalue weighted by Crippen LogP contribution is -2.44. The van der Waals surface area contributed by atoms with Crippen LogP contribution in [0.4, 0.5) is 11.6 Å². The van der Waals surface area contributed by atoms with E-state index < -0.39 is 9.73 Å². The number of carbonyl (C=O) groups excluding carboxylic acids is 1. The van der Waals surface area contributed by atoms with Crippen molar-refractivity contribution in [2.45, 2.75) is 44.4 Å². The number of anilines is 1. The zero-order valence-corrected chi connectivity index (χ0v) is 21.3. The second kappa shape index (κ2) is 9.66. The third kappa shape index (κ3) is 4.95. The number of amides is 1. The highest BCUT2D eigenvalue weighted by Crippen LogP contribution is 2.32. The summed E-state index contributed by atoms with van der Waals surface area (Å²) in [5.41, 5.74) is 2.94. The van der Waals surface area contributed by atoms with E-state index in [-0.39, 0.29) is 17.2 Å². The number of morpholine rings is 1. The number of allylic oxidation sites excluding steroid dienone is 1. The summed E-state index contributed by atoms with van der Waals surface area (Å²) in [6.07, 6.45) is 9.80. The number of nitrogens with zero attached hydrogens (tertiary/aromatic N) is 6. The first kappa shape index (κ1) is 23.9. The fraction of sp³-hybridized carbons (Fsp3) is 0.520. The van der Waals surface area contributed by atoms with E-state index >= 15 is 0 Å². The summed E-state index contributed by atoms with van der Waals surface area (Å²) in [4.78, 5) is 29.9. The van der Waals surface area contributed by atoms with Crippen molar-refractivity contribution in [3.05, 3.63) is 35.7 Å². The molecule has 2 aromatic heterocycles. The second-order valence-electron chi connectivity index (χ2n) is 9.51. The van der Waals surface area contributed by atoms with Crippen molar-refractivity contribution in [2.24, 2.45) is 4.36 Å². The van der Waals surface area contributed by atoms with Crippen LogP contribution in [0.1, 0.15) is 37.9 Å². The van der Waals surface area contributed by atoms with Crippen LogP contribution in [0.5, 0.6) is 0 Å². The molecule has 1 amide bonds. The molecule has 10 heteroatoms. The van der Waals surface area contributed by atoms with E-state index in [0.717, 1.165) is 35.6 Å². The Balaban J connectivity index is 1.55. The van der Waals surface area contributed by atoms with E-state index in [9.17, 15) is 9.00 Å². The van der Waals surface area contributed by atoms with E-state index in [1.807, 2.05) is 17.0 Å². The van der Waals surface area contributed by atoms with Gasteiger partial charge in [0.05, 0.1) is 34.7 Å². The highest BCUT2D eigenvalue weighted by molar-refractivity contribution is 7.93. The van der Waals surface area contributed by atoms with Crippen molar-refractivity contribution >= 4 is 33.3 Å². The summed E-state index contributed by atoms with van der Waals surface area (Å²) in [5.74, 6) is 1.81. The van der Waals surface area contributed by atoms with Crippen LogP contribution < -0.4 is 4.90 Å². The topological polar surface area (TPSA) is 101 Å². The molecular formula is C25H32N6O3S. The molecule has 4 heterocycles. The van der Waals surface area contributed by atoms with Gasteiger partial charge in [0.25, 0.3) is 0 Å². The van der Waals surface area contributed by atoms with Crippen LogP contribution in [0.3, 0.4) is 0 Å². The highest BCUT2D eigenvalue weighted by Gasteiger charge is 2.28. The standard InChI is InChI=1S/C25H32N6O3S/c1-17-16-34-14-13-31(17)24-15-23(29-35(3,33)19-8-11-30(12-9-19)18(2)32)27-25(28-24)21-7-10-26-22-6-4-5-20(21)22/h4-5,7,10,15,17,19H,6,8-9,11-14,16H2,1-3H3/t17-,35?/m1/s1. The number of aromatic nitrogens is 3. The number of fused-ring (bicyclic) bond motifs is 1. The number of likely N-dealkylation sites (tertiary alicyclic amines) is 1. The average Bonchev–Trinajstić information content (AvgIpc) is 3.33. The monoisotopic (exact) mass is 496 g/mol. The third-order valence-corrected chi connectivity index (χ3v) is 9.31. The van der Waals surface area contributed by atoms with Gasteiger partial charge in [0.1, 0.15) is 5.82 Å². The van der Waals surface area contributed by atoms with Gasteiger partial charge in [-0.15, -0.1) is 0 Å².